The van der Waals surface area contributed by atoms with Gasteiger partial charge in [0.1, 0.15) is 6.54 Å². The summed E-state index contributed by atoms with van der Waals surface area (Å²) in [5.74, 6) is -0.677. The molecule has 106 valence electrons. The highest BCUT2D eigenvalue weighted by Crippen LogP contribution is 2.19. The molecule has 6 heteroatoms. The molecule has 0 saturated carbocycles. The summed E-state index contributed by atoms with van der Waals surface area (Å²) >= 11 is 0. The Morgan fingerprint density at radius 3 is 2.37 bits per heavy atom. The summed E-state index contributed by atoms with van der Waals surface area (Å²) in [4.78, 5) is 12.6. The van der Waals surface area contributed by atoms with Gasteiger partial charge in [-0.1, -0.05) is 37.3 Å². The first-order chi connectivity index (χ1) is 8.83. The molecule has 1 rings (SSSR count). The van der Waals surface area contributed by atoms with E-state index in [1.165, 1.54) is 0 Å². The van der Waals surface area contributed by atoms with Crippen molar-refractivity contribution in [3.05, 3.63) is 35.9 Å². The zero-order valence-electron chi connectivity index (χ0n) is 10.7. The zero-order chi connectivity index (χ0) is 14.5. The van der Waals surface area contributed by atoms with Gasteiger partial charge < -0.3 is 10.6 Å². The summed E-state index contributed by atoms with van der Waals surface area (Å²) in [5.41, 5.74) is 6.17. The van der Waals surface area contributed by atoms with Crippen LogP contribution in [0.4, 0.5) is 13.2 Å². The molecule has 0 aliphatic rings. The Kier molecular flexibility index (Phi) is 5.35. The quantitative estimate of drug-likeness (QED) is 0.895. The minimum atomic E-state index is -4.43. The molecule has 19 heavy (non-hydrogen) atoms. The number of rotatable bonds is 5. The van der Waals surface area contributed by atoms with Gasteiger partial charge in [-0.05, 0) is 12.0 Å². The second kappa shape index (κ2) is 6.56. The summed E-state index contributed by atoms with van der Waals surface area (Å²) in [5, 5.41) is 0. The first-order valence-corrected chi connectivity index (χ1v) is 5.98. The highest BCUT2D eigenvalue weighted by molar-refractivity contribution is 5.81. The lowest BCUT2D eigenvalue weighted by Gasteiger charge is -2.26. The molecular formula is C13H17F3N2O. The first-order valence-electron chi connectivity index (χ1n) is 5.98. The molecule has 3 nitrogen and oxygen atoms in total. The van der Waals surface area contributed by atoms with Crippen molar-refractivity contribution in [2.24, 2.45) is 5.73 Å². The Balaban J connectivity index is 2.83. The fourth-order valence-corrected chi connectivity index (χ4v) is 1.64. The number of carbonyl (C=O) groups is 1. The highest BCUT2D eigenvalue weighted by Gasteiger charge is 2.34. The van der Waals surface area contributed by atoms with Gasteiger partial charge in [0.15, 0.2) is 0 Å². The molecular weight excluding hydrogens is 257 g/mol. The molecule has 0 bridgehead atoms. The van der Waals surface area contributed by atoms with Crippen molar-refractivity contribution >= 4 is 5.91 Å². The van der Waals surface area contributed by atoms with Gasteiger partial charge in [0, 0.05) is 6.54 Å². The Labute approximate surface area is 110 Å². The number of nitrogens with two attached hydrogens (primary N) is 1. The molecule has 1 aromatic rings. The van der Waals surface area contributed by atoms with Crippen LogP contribution in [0.3, 0.4) is 0 Å². The van der Waals surface area contributed by atoms with Crippen LogP contribution in [0.2, 0.25) is 0 Å². The van der Waals surface area contributed by atoms with Crippen LogP contribution in [0.15, 0.2) is 30.3 Å². The fraction of sp³-hybridized carbons (Fsp3) is 0.462. The maximum Gasteiger partial charge on any atom is 0.406 e. The van der Waals surface area contributed by atoms with Crippen LogP contribution in [-0.4, -0.2) is 29.6 Å². The van der Waals surface area contributed by atoms with Crippen LogP contribution in [0.25, 0.3) is 0 Å². The van der Waals surface area contributed by atoms with Crippen molar-refractivity contribution in [3.63, 3.8) is 0 Å². The number of hydrogen-bond acceptors (Lipinski definition) is 2. The predicted octanol–water partition coefficient (Wildman–Crippen LogP) is 2.31. The second-order valence-electron chi connectivity index (χ2n) is 4.31. The SMILES string of the molecule is CC[C@H](N)C(=O)N(Cc1ccccc1)CC(F)(F)F. The van der Waals surface area contributed by atoms with Gasteiger partial charge in [0.05, 0.1) is 6.04 Å². The van der Waals surface area contributed by atoms with Crippen molar-refractivity contribution in [1.82, 2.24) is 4.90 Å². The standard InChI is InChI=1S/C13H17F3N2O/c1-2-11(17)12(19)18(9-13(14,15)16)8-10-6-4-3-5-7-10/h3-7,11H,2,8-9,17H2,1H3/t11-/m0/s1. The van der Waals surface area contributed by atoms with Gasteiger partial charge in [-0.25, -0.2) is 0 Å². The Hall–Kier alpha value is -1.56. The smallest absolute Gasteiger partial charge is 0.328 e. The second-order valence-corrected chi connectivity index (χ2v) is 4.31. The highest BCUT2D eigenvalue weighted by atomic mass is 19.4. The molecule has 0 heterocycles. The van der Waals surface area contributed by atoms with E-state index in [-0.39, 0.29) is 6.54 Å². The maximum atomic E-state index is 12.5. The van der Waals surface area contributed by atoms with E-state index in [2.05, 4.69) is 0 Å². The van der Waals surface area contributed by atoms with Gasteiger partial charge in [-0.3, -0.25) is 4.79 Å². The lowest BCUT2D eigenvalue weighted by atomic mass is 10.1. The molecule has 2 N–H and O–H groups in total. The summed E-state index contributed by atoms with van der Waals surface area (Å²) < 4.78 is 37.5. The van der Waals surface area contributed by atoms with Crippen molar-refractivity contribution in [2.75, 3.05) is 6.54 Å². The van der Waals surface area contributed by atoms with Gasteiger partial charge >= 0.3 is 6.18 Å². The van der Waals surface area contributed by atoms with Crippen molar-refractivity contribution in [1.29, 1.82) is 0 Å². The minimum absolute atomic E-state index is 0.0904. The number of benzene rings is 1. The summed E-state index contributed by atoms with van der Waals surface area (Å²) in [7, 11) is 0. The maximum absolute atomic E-state index is 12.5. The van der Waals surface area contributed by atoms with Crippen LogP contribution in [0.5, 0.6) is 0 Å². The number of nitrogens with zero attached hydrogens (tertiary/aromatic N) is 1. The molecule has 1 amide bonds. The first kappa shape index (κ1) is 15.5. The van der Waals surface area contributed by atoms with Gasteiger partial charge in [-0.15, -0.1) is 0 Å². The molecule has 0 aliphatic heterocycles. The summed E-state index contributed by atoms with van der Waals surface area (Å²) in [6.07, 6.45) is -4.13. The van der Waals surface area contributed by atoms with Crippen molar-refractivity contribution < 1.29 is 18.0 Å². The van der Waals surface area contributed by atoms with E-state index in [0.29, 0.717) is 12.0 Å². The molecule has 0 spiro atoms. The average Bonchev–Trinajstić information content (AvgIpc) is 2.36. The van der Waals surface area contributed by atoms with E-state index >= 15 is 0 Å². The molecule has 0 fully saturated rings. The van der Waals surface area contributed by atoms with Crippen molar-refractivity contribution in [2.45, 2.75) is 32.1 Å². The third kappa shape index (κ3) is 5.30. The fourth-order valence-electron chi connectivity index (χ4n) is 1.64. The van der Waals surface area contributed by atoms with Crippen LogP contribution < -0.4 is 5.73 Å². The summed E-state index contributed by atoms with van der Waals surface area (Å²) in [6.45, 7) is 0.290. The molecule has 0 unspecified atom stereocenters. The Bertz CT molecular complexity index is 406. The van der Waals surface area contributed by atoms with Crippen LogP contribution >= 0.6 is 0 Å². The lowest BCUT2D eigenvalue weighted by molar-refractivity contribution is -0.163. The van der Waals surface area contributed by atoms with E-state index in [1.54, 1.807) is 37.3 Å². The number of halogens is 3. The Morgan fingerprint density at radius 2 is 1.89 bits per heavy atom. The molecule has 0 aromatic heterocycles. The van der Waals surface area contributed by atoms with Crippen LogP contribution in [0, 0.1) is 0 Å². The Morgan fingerprint density at radius 1 is 1.32 bits per heavy atom. The van der Waals surface area contributed by atoms with E-state index in [1.807, 2.05) is 0 Å². The van der Waals surface area contributed by atoms with Gasteiger partial charge in [-0.2, -0.15) is 13.2 Å². The number of alkyl halides is 3. The molecule has 0 radical (unpaired) electrons. The predicted molar refractivity (Wildman–Crippen MR) is 66.2 cm³/mol. The third-order valence-electron chi connectivity index (χ3n) is 2.66. The number of carbonyl (C=O) groups excluding carboxylic acids is 1. The molecule has 0 saturated heterocycles. The van der Waals surface area contributed by atoms with Gasteiger partial charge in [0.25, 0.3) is 0 Å². The van der Waals surface area contributed by atoms with Crippen molar-refractivity contribution in [3.8, 4) is 0 Å². The normalized spacial score (nSPS) is 13.1. The number of amides is 1. The minimum Gasteiger partial charge on any atom is -0.328 e. The molecule has 1 atom stereocenters. The molecule has 0 aliphatic carbocycles. The summed E-state index contributed by atoms with van der Waals surface area (Å²) in [6, 6.07) is 7.64. The number of hydrogen-bond donors (Lipinski definition) is 1. The largest absolute Gasteiger partial charge is 0.406 e. The van der Waals surface area contributed by atoms with E-state index in [0.717, 1.165) is 4.90 Å². The monoisotopic (exact) mass is 274 g/mol. The average molecular weight is 274 g/mol. The van der Waals surface area contributed by atoms with E-state index in [9.17, 15) is 18.0 Å². The lowest BCUT2D eigenvalue weighted by Crippen LogP contribution is -2.46. The third-order valence-corrected chi connectivity index (χ3v) is 2.66. The van der Waals surface area contributed by atoms with Crippen LogP contribution in [0.1, 0.15) is 18.9 Å². The van der Waals surface area contributed by atoms with Gasteiger partial charge in [0.2, 0.25) is 5.91 Å². The topological polar surface area (TPSA) is 46.3 Å². The van der Waals surface area contributed by atoms with Crippen LogP contribution in [-0.2, 0) is 11.3 Å². The van der Waals surface area contributed by atoms with E-state index < -0.39 is 24.7 Å². The zero-order valence-corrected chi connectivity index (χ0v) is 10.7. The van der Waals surface area contributed by atoms with E-state index in [4.69, 9.17) is 5.73 Å². The molecule has 1 aromatic carbocycles.